The highest BCUT2D eigenvalue weighted by Gasteiger charge is 2.20. The van der Waals surface area contributed by atoms with Gasteiger partial charge in [-0.1, -0.05) is 12.1 Å². The van der Waals surface area contributed by atoms with Gasteiger partial charge in [-0.3, -0.25) is 14.8 Å². The van der Waals surface area contributed by atoms with Gasteiger partial charge in [0, 0.05) is 17.3 Å². The SMILES string of the molecule is O=C(Nc1nc2ccccc2[nH]1)c1ccc(NS(=O)(=O)c2ccc3c(c2)OCCO3)cc1. The number of carbonyl (C=O) groups excluding carboxylic acids is 1. The molecule has 1 amide bonds. The number of aromatic nitrogens is 2. The van der Waals surface area contributed by atoms with Crippen molar-refractivity contribution in [3.63, 3.8) is 0 Å². The molecule has 32 heavy (non-hydrogen) atoms. The third-order valence-corrected chi connectivity index (χ3v) is 6.22. The maximum Gasteiger partial charge on any atom is 0.262 e. The molecule has 9 nitrogen and oxygen atoms in total. The monoisotopic (exact) mass is 450 g/mol. The molecule has 0 fully saturated rings. The molecule has 1 aliphatic rings. The molecule has 1 aromatic heterocycles. The average Bonchev–Trinajstić information content (AvgIpc) is 3.21. The normalized spacial score (nSPS) is 13.0. The van der Waals surface area contributed by atoms with E-state index in [2.05, 4.69) is 20.0 Å². The van der Waals surface area contributed by atoms with Gasteiger partial charge in [0.15, 0.2) is 11.5 Å². The molecule has 0 radical (unpaired) electrons. The van der Waals surface area contributed by atoms with E-state index in [1.807, 2.05) is 24.3 Å². The lowest BCUT2D eigenvalue weighted by Gasteiger charge is -2.19. The summed E-state index contributed by atoms with van der Waals surface area (Å²) < 4.78 is 38.8. The van der Waals surface area contributed by atoms with E-state index in [-0.39, 0.29) is 10.8 Å². The van der Waals surface area contributed by atoms with Crippen LogP contribution in [-0.4, -0.2) is 37.5 Å². The van der Waals surface area contributed by atoms with Crippen LogP contribution in [0.1, 0.15) is 10.4 Å². The first-order chi connectivity index (χ1) is 15.5. The largest absolute Gasteiger partial charge is 0.486 e. The van der Waals surface area contributed by atoms with Crippen molar-refractivity contribution in [2.75, 3.05) is 23.3 Å². The molecule has 4 aromatic rings. The van der Waals surface area contributed by atoms with E-state index in [1.165, 1.54) is 36.4 Å². The summed E-state index contributed by atoms with van der Waals surface area (Å²) in [6.45, 7) is 0.787. The van der Waals surface area contributed by atoms with E-state index >= 15 is 0 Å². The van der Waals surface area contributed by atoms with Crippen LogP contribution in [0.2, 0.25) is 0 Å². The Kier molecular flexibility index (Phi) is 4.91. The van der Waals surface area contributed by atoms with Gasteiger partial charge in [-0.15, -0.1) is 0 Å². The quantitative estimate of drug-likeness (QED) is 0.428. The van der Waals surface area contributed by atoms with Crippen LogP contribution in [-0.2, 0) is 10.0 Å². The summed E-state index contributed by atoms with van der Waals surface area (Å²) in [4.78, 5) is 19.9. The fraction of sp³-hybridized carbons (Fsp3) is 0.0909. The van der Waals surface area contributed by atoms with Gasteiger partial charge in [0.25, 0.3) is 15.9 Å². The molecule has 5 rings (SSSR count). The van der Waals surface area contributed by atoms with Crippen molar-refractivity contribution in [3.8, 4) is 11.5 Å². The number of benzene rings is 3. The second kappa shape index (κ2) is 7.89. The Morgan fingerprint density at radius 1 is 0.938 bits per heavy atom. The maximum absolute atomic E-state index is 12.7. The Labute approximate surface area is 183 Å². The predicted octanol–water partition coefficient (Wildman–Crippen LogP) is 3.39. The van der Waals surface area contributed by atoms with Crippen LogP contribution in [0.25, 0.3) is 11.0 Å². The van der Waals surface area contributed by atoms with Crippen LogP contribution in [0.3, 0.4) is 0 Å². The molecule has 0 aliphatic carbocycles. The summed E-state index contributed by atoms with van der Waals surface area (Å²) in [7, 11) is -3.84. The molecular weight excluding hydrogens is 432 g/mol. The first-order valence-corrected chi connectivity index (χ1v) is 11.2. The number of rotatable bonds is 5. The number of para-hydroxylation sites is 2. The zero-order valence-electron chi connectivity index (χ0n) is 16.7. The number of nitrogens with one attached hydrogen (secondary N) is 3. The molecule has 0 saturated heterocycles. The average molecular weight is 450 g/mol. The second-order valence-electron chi connectivity index (χ2n) is 7.04. The van der Waals surface area contributed by atoms with Crippen molar-refractivity contribution in [2.24, 2.45) is 0 Å². The Bertz CT molecular complexity index is 1380. The number of nitrogens with zero attached hydrogens (tertiary/aromatic N) is 1. The van der Waals surface area contributed by atoms with Gasteiger partial charge >= 0.3 is 0 Å². The second-order valence-corrected chi connectivity index (χ2v) is 8.73. The fourth-order valence-electron chi connectivity index (χ4n) is 3.29. The van der Waals surface area contributed by atoms with Gasteiger partial charge in [0.2, 0.25) is 5.95 Å². The number of hydrogen-bond acceptors (Lipinski definition) is 6. The minimum Gasteiger partial charge on any atom is -0.486 e. The molecule has 162 valence electrons. The molecule has 1 aliphatic heterocycles. The smallest absolute Gasteiger partial charge is 0.262 e. The number of anilines is 2. The summed E-state index contributed by atoms with van der Waals surface area (Å²) in [5, 5.41) is 2.70. The van der Waals surface area contributed by atoms with Gasteiger partial charge in [0.05, 0.1) is 15.9 Å². The van der Waals surface area contributed by atoms with Crippen LogP contribution >= 0.6 is 0 Å². The highest BCUT2D eigenvalue weighted by Crippen LogP contribution is 2.32. The first-order valence-electron chi connectivity index (χ1n) is 9.77. The van der Waals surface area contributed by atoms with Crippen LogP contribution in [0.15, 0.2) is 71.6 Å². The first kappa shape index (κ1) is 19.9. The van der Waals surface area contributed by atoms with Gasteiger partial charge < -0.3 is 14.5 Å². The molecular formula is C22H18N4O5S. The summed E-state index contributed by atoms with van der Waals surface area (Å²) in [6.07, 6.45) is 0. The van der Waals surface area contributed by atoms with Crippen molar-refractivity contribution in [2.45, 2.75) is 4.90 Å². The minimum absolute atomic E-state index is 0.0495. The van der Waals surface area contributed by atoms with E-state index in [9.17, 15) is 13.2 Å². The van der Waals surface area contributed by atoms with Crippen molar-refractivity contribution in [1.29, 1.82) is 0 Å². The molecule has 3 aromatic carbocycles. The zero-order chi connectivity index (χ0) is 22.1. The number of sulfonamides is 1. The number of amides is 1. The molecule has 0 unspecified atom stereocenters. The molecule has 0 spiro atoms. The van der Waals surface area contributed by atoms with E-state index in [0.717, 1.165) is 11.0 Å². The van der Waals surface area contributed by atoms with Gasteiger partial charge in [-0.2, -0.15) is 0 Å². The number of fused-ring (bicyclic) bond motifs is 2. The van der Waals surface area contributed by atoms with Crippen molar-refractivity contribution >= 4 is 38.6 Å². The highest BCUT2D eigenvalue weighted by molar-refractivity contribution is 7.92. The van der Waals surface area contributed by atoms with E-state index in [1.54, 1.807) is 6.07 Å². The third-order valence-electron chi connectivity index (χ3n) is 4.84. The number of H-pyrrole nitrogens is 1. The molecule has 2 heterocycles. The predicted molar refractivity (Wildman–Crippen MR) is 119 cm³/mol. The number of hydrogen-bond donors (Lipinski definition) is 3. The summed E-state index contributed by atoms with van der Waals surface area (Å²) in [5.74, 6) is 0.858. The highest BCUT2D eigenvalue weighted by atomic mass is 32.2. The molecule has 10 heteroatoms. The van der Waals surface area contributed by atoms with Crippen molar-refractivity contribution < 1.29 is 22.7 Å². The zero-order valence-corrected chi connectivity index (χ0v) is 17.5. The Balaban J connectivity index is 1.29. The van der Waals surface area contributed by atoms with Crippen molar-refractivity contribution in [3.05, 3.63) is 72.3 Å². The van der Waals surface area contributed by atoms with Crippen LogP contribution in [0.4, 0.5) is 11.6 Å². The fourth-order valence-corrected chi connectivity index (χ4v) is 4.36. The standard InChI is InChI=1S/C22H18N4O5S/c27-21(25-22-23-17-3-1-2-4-18(17)24-22)14-5-7-15(8-6-14)26-32(28,29)16-9-10-19-20(13-16)31-12-11-30-19/h1-10,13,26H,11-12H2,(H2,23,24,25,27). The van der Waals surface area contributed by atoms with Gasteiger partial charge in [-0.25, -0.2) is 13.4 Å². The van der Waals surface area contributed by atoms with Crippen molar-refractivity contribution in [1.82, 2.24) is 9.97 Å². The van der Waals surface area contributed by atoms with E-state index < -0.39 is 10.0 Å². The lowest BCUT2D eigenvalue weighted by Crippen LogP contribution is -2.17. The Morgan fingerprint density at radius 2 is 1.69 bits per heavy atom. The van der Waals surface area contributed by atoms with Gasteiger partial charge in [0.1, 0.15) is 13.2 Å². The minimum atomic E-state index is -3.84. The van der Waals surface area contributed by atoms with Crippen LogP contribution < -0.4 is 19.5 Å². The van der Waals surface area contributed by atoms with E-state index in [0.29, 0.717) is 41.9 Å². The molecule has 0 atom stereocenters. The van der Waals surface area contributed by atoms with Crippen LogP contribution in [0, 0.1) is 0 Å². The lowest BCUT2D eigenvalue weighted by molar-refractivity contribution is 0.102. The van der Waals surface area contributed by atoms with E-state index in [4.69, 9.17) is 9.47 Å². The number of carbonyl (C=O) groups is 1. The molecule has 0 bridgehead atoms. The van der Waals surface area contributed by atoms with Gasteiger partial charge in [-0.05, 0) is 48.5 Å². The summed E-state index contributed by atoms with van der Waals surface area (Å²) in [5.41, 5.74) is 2.23. The number of aromatic amines is 1. The maximum atomic E-state index is 12.7. The summed E-state index contributed by atoms with van der Waals surface area (Å²) >= 11 is 0. The molecule has 0 saturated carbocycles. The number of imidazole rings is 1. The summed E-state index contributed by atoms with van der Waals surface area (Å²) in [6, 6.07) is 18.0. The molecule has 3 N–H and O–H groups in total. The lowest BCUT2D eigenvalue weighted by atomic mass is 10.2. The van der Waals surface area contributed by atoms with Crippen LogP contribution in [0.5, 0.6) is 11.5 Å². The number of ether oxygens (including phenoxy) is 2. The third kappa shape index (κ3) is 3.95. The Morgan fingerprint density at radius 3 is 2.47 bits per heavy atom. The Hall–Kier alpha value is -4.05. The topological polar surface area (TPSA) is 122 Å².